The van der Waals surface area contributed by atoms with Crippen molar-refractivity contribution >= 4 is 28.8 Å². The Morgan fingerprint density at radius 3 is 2.95 bits per heavy atom. The molecule has 19 heavy (non-hydrogen) atoms. The number of nitrogens with two attached hydrogens (primary N) is 2. The van der Waals surface area contributed by atoms with Gasteiger partial charge in [-0.3, -0.25) is 4.79 Å². The molecule has 2 heterocycles. The zero-order chi connectivity index (χ0) is 14.0. The van der Waals surface area contributed by atoms with Gasteiger partial charge < -0.3 is 16.5 Å². The fourth-order valence-electron chi connectivity index (χ4n) is 1.76. The van der Waals surface area contributed by atoms with E-state index < -0.39 is 11.4 Å². The van der Waals surface area contributed by atoms with Crippen molar-refractivity contribution in [3.05, 3.63) is 12.7 Å². The van der Waals surface area contributed by atoms with E-state index in [-0.39, 0.29) is 5.25 Å². The molecule has 2 unspecified atom stereocenters. The molecule has 0 spiro atoms. The molecule has 7 nitrogen and oxygen atoms in total. The topological polar surface area (TPSA) is 124 Å². The Balaban J connectivity index is 2.13. The van der Waals surface area contributed by atoms with E-state index in [1.165, 1.54) is 18.1 Å². The van der Waals surface area contributed by atoms with E-state index in [4.69, 9.17) is 11.5 Å². The van der Waals surface area contributed by atoms with Crippen molar-refractivity contribution in [1.82, 2.24) is 19.9 Å². The molecule has 0 aliphatic heterocycles. The first kappa shape index (κ1) is 13.8. The maximum Gasteiger partial charge on any atom is 0.237 e. The van der Waals surface area contributed by atoms with Crippen molar-refractivity contribution < 1.29 is 4.79 Å². The van der Waals surface area contributed by atoms with Crippen molar-refractivity contribution in [2.45, 2.75) is 36.1 Å². The predicted molar refractivity (Wildman–Crippen MR) is 73.4 cm³/mol. The molecule has 0 aromatic carbocycles. The van der Waals surface area contributed by atoms with Gasteiger partial charge in [-0.05, 0) is 13.3 Å². The lowest BCUT2D eigenvalue weighted by molar-refractivity contribution is -0.122. The number of nitrogens with zero attached hydrogens (tertiary/aromatic N) is 3. The summed E-state index contributed by atoms with van der Waals surface area (Å²) in [5, 5.41) is 0.874. The lowest BCUT2D eigenvalue weighted by Crippen LogP contribution is -2.50. The highest BCUT2D eigenvalue weighted by Crippen LogP contribution is 2.29. The number of carbonyl (C=O) groups excluding carboxylic acids is 1. The van der Waals surface area contributed by atoms with Crippen LogP contribution in [0.15, 0.2) is 17.7 Å². The molecular formula is C11H16N6OS. The molecule has 0 aliphatic rings. The van der Waals surface area contributed by atoms with Crippen LogP contribution in [0, 0.1) is 0 Å². The van der Waals surface area contributed by atoms with E-state index in [9.17, 15) is 4.79 Å². The highest BCUT2D eigenvalue weighted by molar-refractivity contribution is 8.00. The molecule has 2 aromatic heterocycles. The Morgan fingerprint density at radius 1 is 1.53 bits per heavy atom. The van der Waals surface area contributed by atoms with Gasteiger partial charge >= 0.3 is 0 Å². The molecule has 2 rings (SSSR count). The van der Waals surface area contributed by atoms with E-state index in [0.717, 1.165) is 10.5 Å². The Labute approximate surface area is 114 Å². The van der Waals surface area contributed by atoms with E-state index >= 15 is 0 Å². The molecule has 2 atom stereocenters. The van der Waals surface area contributed by atoms with E-state index in [0.29, 0.717) is 12.1 Å². The van der Waals surface area contributed by atoms with Crippen molar-refractivity contribution in [1.29, 1.82) is 0 Å². The Hall–Kier alpha value is -1.67. The van der Waals surface area contributed by atoms with E-state index in [1.807, 2.05) is 6.92 Å². The molecule has 102 valence electrons. The van der Waals surface area contributed by atoms with Gasteiger partial charge in [-0.25, -0.2) is 15.0 Å². The summed E-state index contributed by atoms with van der Waals surface area (Å²) in [6, 6.07) is 0. The molecule has 1 amide bonds. The number of thioether (sulfide) groups is 1. The predicted octanol–water partition coefficient (Wildman–Crippen LogP) is 0.426. The molecule has 0 saturated carbocycles. The van der Waals surface area contributed by atoms with Gasteiger partial charge in [-0.2, -0.15) is 0 Å². The first-order valence-corrected chi connectivity index (χ1v) is 6.67. The Bertz CT molecular complexity index is 596. The number of carbonyl (C=O) groups is 1. The number of hydrogen-bond donors (Lipinski definition) is 3. The molecule has 8 heteroatoms. The quantitative estimate of drug-likeness (QED) is 0.539. The minimum absolute atomic E-state index is 0.0869. The van der Waals surface area contributed by atoms with E-state index in [1.54, 1.807) is 13.3 Å². The summed E-state index contributed by atoms with van der Waals surface area (Å²) >= 11 is 1.51. The fourth-order valence-corrected chi connectivity index (χ4v) is 2.95. The van der Waals surface area contributed by atoms with Gasteiger partial charge in [0.25, 0.3) is 0 Å². The monoisotopic (exact) mass is 280 g/mol. The number of hydrogen-bond acceptors (Lipinski definition) is 6. The number of aromatic amines is 1. The van der Waals surface area contributed by atoms with Crippen LogP contribution < -0.4 is 11.5 Å². The molecule has 5 N–H and O–H groups in total. The number of H-pyrrole nitrogens is 1. The molecular weight excluding hydrogens is 264 g/mol. The van der Waals surface area contributed by atoms with Crippen LogP contribution in [0.1, 0.15) is 20.3 Å². The summed E-state index contributed by atoms with van der Waals surface area (Å²) in [5.74, 6) is -0.505. The van der Waals surface area contributed by atoms with Crippen LogP contribution in [0.5, 0.6) is 0 Å². The van der Waals surface area contributed by atoms with Crippen LogP contribution in [0.4, 0.5) is 0 Å². The van der Waals surface area contributed by atoms with Crippen molar-refractivity contribution in [2.75, 3.05) is 0 Å². The SMILES string of the molecule is CC(CC(C)(N)C(N)=O)Sc1ncnc2nc[nH]c12. The van der Waals surface area contributed by atoms with Crippen molar-refractivity contribution in [3.8, 4) is 0 Å². The zero-order valence-corrected chi connectivity index (χ0v) is 11.6. The van der Waals surface area contributed by atoms with Crippen LogP contribution in [-0.2, 0) is 4.79 Å². The first-order valence-electron chi connectivity index (χ1n) is 5.79. The third-order valence-electron chi connectivity index (χ3n) is 2.78. The second-order valence-electron chi connectivity index (χ2n) is 4.69. The smallest absolute Gasteiger partial charge is 0.237 e. The van der Waals surface area contributed by atoms with Gasteiger partial charge in [-0.1, -0.05) is 6.92 Å². The van der Waals surface area contributed by atoms with Crippen molar-refractivity contribution in [3.63, 3.8) is 0 Å². The third kappa shape index (κ3) is 3.02. The molecule has 0 saturated heterocycles. The third-order valence-corrected chi connectivity index (χ3v) is 3.88. The lowest BCUT2D eigenvalue weighted by atomic mass is 9.97. The maximum absolute atomic E-state index is 11.2. The minimum atomic E-state index is -1.02. The van der Waals surface area contributed by atoms with Crippen molar-refractivity contribution in [2.24, 2.45) is 11.5 Å². The van der Waals surface area contributed by atoms with Gasteiger partial charge in [0.05, 0.1) is 11.9 Å². The summed E-state index contributed by atoms with van der Waals surface area (Å²) in [4.78, 5) is 26.6. The molecule has 0 fully saturated rings. The fraction of sp³-hybridized carbons (Fsp3) is 0.455. The number of amides is 1. The molecule has 2 aromatic rings. The number of imidazole rings is 1. The summed E-state index contributed by atoms with van der Waals surface area (Å²) in [5.41, 5.74) is 11.5. The lowest BCUT2D eigenvalue weighted by Gasteiger charge is -2.23. The largest absolute Gasteiger partial charge is 0.368 e. The highest BCUT2D eigenvalue weighted by atomic mass is 32.2. The van der Waals surface area contributed by atoms with Gasteiger partial charge in [0.15, 0.2) is 5.65 Å². The molecule has 0 bridgehead atoms. The standard InChI is InChI=1S/C11H16N6OS/c1-6(3-11(2,13)10(12)18)19-9-7-8(15-4-14-7)16-5-17-9/h4-6H,3,13H2,1-2H3,(H2,12,18)(H,14,15,16,17). The van der Waals surface area contributed by atoms with Crippen LogP contribution in [-0.4, -0.2) is 36.6 Å². The number of primary amides is 1. The number of aromatic nitrogens is 4. The number of rotatable bonds is 5. The van der Waals surface area contributed by atoms with Crippen LogP contribution in [0.2, 0.25) is 0 Å². The average molecular weight is 280 g/mol. The van der Waals surface area contributed by atoms with Crippen LogP contribution in [0.3, 0.4) is 0 Å². The van der Waals surface area contributed by atoms with Gasteiger partial charge in [0.1, 0.15) is 16.9 Å². The minimum Gasteiger partial charge on any atom is -0.368 e. The summed E-state index contributed by atoms with van der Waals surface area (Å²) in [6.07, 6.45) is 3.51. The van der Waals surface area contributed by atoms with Crippen LogP contribution >= 0.6 is 11.8 Å². The maximum atomic E-state index is 11.2. The van der Waals surface area contributed by atoms with E-state index in [2.05, 4.69) is 19.9 Å². The highest BCUT2D eigenvalue weighted by Gasteiger charge is 2.28. The number of nitrogens with one attached hydrogen (secondary N) is 1. The Morgan fingerprint density at radius 2 is 2.26 bits per heavy atom. The molecule has 0 radical (unpaired) electrons. The molecule has 0 aliphatic carbocycles. The summed E-state index contributed by atoms with van der Waals surface area (Å²) in [6.45, 7) is 3.61. The Kier molecular flexibility index (Phi) is 3.72. The zero-order valence-electron chi connectivity index (χ0n) is 10.8. The number of fused-ring (bicyclic) bond motifs is 1. The summed E-state index contributed by atoms with van der Waals surface area (Å²) < 4.78 is 0. The first-order chi connectivity index (χ1) is 8.90. The summed E-state index contributed by atoms with van der Waals surface area (Å²) in [7, 11) is 0. The van der Waals surface area contributed by atoms with Gasteiger partial charge in [-0.15, -0.1) is 11.8 Å². The second-order valence-corrected chi connectivity index (χ2v) is 6.12. The van der Waals surface area contributed by atoms with Gasteiger partial charge in [0.2, 0.25) is 5.91 Å². The van der Waals surface area contributed by atoms with Gasteiger partial charge in [0, 0.05) is 5.25 Å². The average Bonchev–Trinajstić information content (AvgIpc) is 2.77. The normalized spacial score (nSPS) is 16.2. The van der Waals surface area contributed by atoms with Crippen LogP contribution in [0.25, 0.3) is 11.2 Å². The second kappa shape index (κ2) is 5.14.